The fraction of sp³-hybridized carbons (Fsp3) is 0.333. The van der Waals surface area contributed by atoms with Gasteiger partial charge in [0.05, 0.1) is 18.5 Å². The third-order valence-electron chi connectivity index (χ3n) is 3.28. The lowest BCUT2D eigenvalue weighted by atomic mass is 9.86. The molecule has 5 heteroatoms. The number of aromatic nitrogens is 1. The van der Waals surface area contributed by atoms with E-state index in [2.05, 4.69) is 42.5 Å². The zero-order chi connectivity index (χ0) is 16.9. The number of nitrogens with zero attached hydrogens (tertiary/aromatic N) is 1. The molecule has 1 aromatic heterocycles. The van der Waals surface area contributed by atoms with Gasteiger partial charge in [0.1, 0.15) is 5.82 Å². The van der Waals surface area contributed by atoms with Crippen molar-refractivity contribution in [3.05, 3.63) is 48.2 Å². The number of ether oxygens (including phenoxy) is 1. The molecule has 0 saturated heterocycles. The van der Waals surface area contributed by atoms with Crippen molar-refractivity contribution in [2.24, 2.45) is 0 Å². The highest BCUT2D eigenvalue weighted by Gasteiger charge is 2.17. The number of hydrogen-bond acceptors (Lipinski definition) is 4. The van der Waals surface area contributed by atoms with Crippen LogP contribution in [0.3, 0.4) is 0 Å². The second-order valence-corrected chi connectivity index (χ2v) is 6.20. The molecule has 0 aliphatic carbocycles. The summed E-state index contributed by atoms with van der Waals surface area (Å²) in [5, 5.41) is 5.95. The van der Waals surface area contributed by atoms with E-state index >= 15 is 0 Å². The molecule has 0 aliphatic heterocycles. The van der Waals surface area contributed by atoms with E-state index in [9.17, 15) is 4.79 Å². The lowest BCUT2D eigenvalue weighted by Crippen LogP contribution is -2.14. The molecule has 0 spiro atoms. The molecule has 5 nitrogen and oxygen atoms in total. The number of pyridine rings is 1. The van der Waals surface area contributed by atoms with Crippen LogP contribution in [0.1, 0.15) is 33.3 Å². The minimum atomic E-state index is -0.479. The van der Waals surface area contributed by atoms with Gasteiger partial charge in [-0.1, -0.05) is 39.0 Å². The average molecular weight is 313 g/mol. The predicted octanol–water partition coefficient (Wildman–Crippen LogP) is 4.69. The molecule has 1 aromatic carbocycles. The van der Waals surface area contributed by atoms with Crippen LogP contribution in [-0.4, -0.2) is 17.7 Å². The molecule has 1 heterocycles. The summed E-state index contributed by atoms with van der Waals surface area (Å²) in [5.41, 5.74) is 2.88. The van der Waals surface area contributed by atoms with Crippen molar-refractivity contribution in [3.63, 3.8) is 0 Å². The maximum Gasteiger partial charge on any atom is 0.411 e. The topological polar surface area (TPSA) is 63.2 Å². The minimum Gasteiger partial charge on any atom is -0.450 e. The van der Waals surface area contributed by atoms with Crippen molar-refractivity contribution in [1.82, 2.24) is 4.98 Å². The van der Waals surface area contributed by atoms with Gasteiger partial charge in [0.2, 0.25) is 0 Å². The van der Waals surface area contributed by atoms with E-state index in [1.165, 1.54) is 5.56 Å². The number of carbonyl (C=O) groups is 1. The molecule has 0 unspecified atom stereocenters. The largest absolute Gasteiger partial charge is 0.450 e. The van der Waals surface area contributed by atoms with Crippen LogP contribution in [0, 0.1) is 0 Å². The molecular weight excluding hydrogens is 290 g/mol. The van der Waals surface area contributed by atoms with Crippen molar-refractivity contribution in [3.8, 4) is 0 Å². The number of hydrogen-bond donors (Lipinski definition) is 2. The minimum absolute atomic E-state index is 0.0367. The molecule has 2 aromatic rings. The number of nitrogens with one attached hydrogen (secondary N) is 2. The Balaban J connectivity index is 2.12. The summed E-state index contributed by atoms with van der Waals surface area (Å²) < 4.78 is 4.83. The number of rotatable bonds is 4. The molecule has 0 fully saturated rings. The van der Waals surface area contributed by atoms with E-state index < -0.39 is 6.09 Å². The van der Waals surface area contributed by atoms with Crippen LogP contribution in [0.15, 0.2) is 42.6 Å². The molecule has 0 saturated carbocycles. The molecular formula is C18H23N3O2. The van der Waals surface area contributed by atoms with Gasteiger partial charge in [0.15, 0.2) is 0 Å². The highest BCUT2D eigenvalue weighted by Crippen LogP contribution is 2.30. The van der Waals surface area contributed by atoms with Crippen molar-refractivity contribution in [2.45, 2.75) is 33.1 Å². The Morgan fingerprint density at radius 2 is 1.91 bits per heavy atom. The maximum atomic E-state index is 11.4. The molecule has 0 atom stereocenters. The van der Waals surface area contributed by atoms with Gasteiger partial charge in [0.25, 0.3) is 0 Å². The third kappa shape index (κ3) is 4.71. The van der Waals surface area contributed by atoms with Crippen molar-refractivity contribution >= 4 is 23.3 Å². The van der Waals surface area contributed by atoms with Gasteiger partial charge in [-0.25, -0.2) is 9.78 Å². The number of carbonyl (C=O) groups excluding carboxylic acids is 1. The van der Waals surface area contributed by atoms with Gasteiger partial charge < -0.3 is 10.1 Å². The zero-order valence-corrected chi connectivity index (χ0v) is 14.0. The van der Waals surface area contributed by atoms with E-state index in [-0.39, 0.29) is 5.41 Å². The average Bonchev–Trinajstić information content (AvgIpc) is 2.49. The Morgan fingerprint density at radius 3 is 2.52 bits per heavy atom. The normalized spacial score (nSPS) is 11.0. The summed E-state index contributed by atoms with van der Waals surface area (Å²) in [6.07, 6.45) is 1.12. The predicted molar refractivity (Wildman–Crippen MR) is 93.3 cm³/mol. The van der Waals surface area contributed by atoms with Gasteiger partial charge in [-0.15, -0.1) is 0 Å². The van der Waals surface area contributed by atoms with Crippen molar-refractivity contribution in [1.29, 1.82) is 0 Å². The van der Waals surface area contributed by atoms with E-state index in [1.807, 2.05) is 24.3 Å². The summed E-state index contributed by atoms with van der Waals surface area (Å²) in [4.78, 5) is 15.7. The van der Waals surface area contributed by atoms with Gasteiger partial charge in [-0.2, -0.15) is 0 Å². The van der Waals surface area contributed by atoms with Crippen LogP contribution in [-0.2, 0) is 10.2 Å². The Hall–Kier alpha value is -2.56. The summed E-state index contributed by atoms with van der Waals surface area (Å²) in [5.74, 6) is 0.719. The maximum absolute atomic E-state index is 11.4. The first-order chi connectivity index (χ1) is 10.9. The fourth-order valence-corrected chi connectivity index (χ4v) is 2.21. The lowest BCUT2D eigenvalue weighted by molar-refractivity contribution is 0.168. The number of amides is 1. The lowest BCUT2D eigenvalue weighted by Gasteiger charge is -2.23. The fourth-order valence-electron chi connectivity index (χ4n) is 2.21. The number of benzene rings is 1. The van der Waals surface area contributed by atoms with E-state index in [1.54, 1.807) is 19.2 Å². The van der Waals surface area contributed by atoms with Crippen LogP contribution in [0.5, 0.6) is 0 Å². The second kappa shape index (κ2) is 7.13. The first-order valence-electron chi connectivity index (χ1n) is 7.66. The molecule has 122 valence electrons. The highest BCUT2D eigenvalue weighted by molar-refractivity contribution is 5.84. The Morgan fingerprint density at radius 1 is 1.17 bits per heavy atom. The molecule has 1 amide bonds. The SMILES string of the molecule is CCOC(=O)Nc1ccc(Nc2ccccc2C(C)(C)C)nc1. The molecule has 0 radical (unpaired) electrons. The van der Waals surface area contributed by atoms with E-state index in [0.717, 1.165) is 11.5 Å². The zero-order valence-electron chi connectivity index (χ0n) is 14.0. The van der Waals surface area contributed by atoms with Crippen LogP contribution in [0.2, 0.25) is 0 Å². The Kier molecular flexibility index (Phi) is 5.21. The van der Waals surface area contributed by atoms with Crippen molar-refractivity contribution in [2.75, 3.05) is 17.2 Å². The van der Waals surface area contributed by atoms with Gasteiger partial charge in [-0.05, 0) is 36.1 Å². The van der Waals surface area contributed by atoms with E-state index in [0.29, 0.717) is 12.3 Å². The highest BCUT2D eigenvalue weighted by atomic mass is 16.5. The monoisotopic (exact) mass is 313 g/mol. The van der Waals surface area contributed by atoms with Crippen LogP contribution < -0.4 is 10.6 Å². The summed E-state index contributed by atoms with van der Waals surface area (Å²) in [6.45, 7) is 8.62. The van der Waals surface area contributed by atoms with Gasteiger partial charge in [-0.3, -0.25) is 5.32 Å². The smallest absolute Gasteiger partial charge is 0.411 e. The molecule has 0 aliphatic rings. The van der Waals surface area contributed by atoms with Gasteiger partial charge in [0, 0.05) is 5.69 Å². The van der Waals surface area contributed by atoms with Gasteiger partial charge >= 0.3 is 6.09 Å². The molecule has 2 rings (SSSR count). The Labute approximate surface area is 137 Å². The van der Waals surface area contributed by atoms with Crippen LogP contribution in [0.25, 0.3) is 0 Å². The summed E-state index contributed by atoms with van der Waals surface area (Å²) >= 11 is 0. The standard InChI is InChI=1S/C18H23N3O2/c1-5-23-17(22)20-13-10-11-16(19-12-13)21-15-9-7-6-8-14(15)18(2,3)4/h6-12H,5H2,1-4H3,(H,19,21)(H,20,22). The van der Waals surface area contributed by atoms with Crippen LogP contribution in [0.4, 0.5) is 22.0 Å². The first kappa shape index (κ1) is 16.8. The summed E-state index contributed by atoms with van der Waals surface area (Å²) in [6, 6.07) is 11.8. The first-order valence-corrected chi connectivity index (χ1v) is 7.66. The third-order valence-corrected chi connectivity index (χ3v) is 3.28. The molecule has 2 N–H and O–H groups in total. The van der Waals surface area contributed by atoms with Crippen molar-refractivity contribution < 1.29 is 9.53 Å². The second-order valence-electron chi connectivity index (χ2n) is 6.20. The van der Waals surface area contributed by atoms with E-state index in [4.69, 9.17) is 4.74 Å². The quantitative estimate of drug-likeness (QED) is 0.859. The summed E-state index contributed by atoms with van der Waals surface area (Å²) in [7, 11) is 0. The number of anilines is 3. The molecule has 0 bridgehead atoms. The Bertz CT molecular complexity index is 661. The van der Waals surface area contributed by atoms with Crippen LogP contribution >= 0.6 is 0 Å². The molecule has 23 heavy (non-hydrogen) atoms. The number of para-hydroxylation sites is 1.